The van der Waals surface area contributed by atoms with Crippen LogP contribution in [0.5, 0.6) is 0 Å². The van der Waals surface area contributed by atoms with Gasteiger partial charge in [0.2, 0.25) is 0 Å². The summed E-state index contributed by atoms with van der Waals surface area (Å²) in [6.45, 7) is 2.82. The lowest BCUT2D eigenvalue weighted by molar-refractivity contribution is 0.0646. The van der Waals surface area contributed by atoms with Crippen LogP contribution in [-0.4, -0.2) is 35.4 Å². The van der Waals surface area contributed by atoms with Gasteiger partial charge in [-0.25, -0.2) is 4.98 Å². The number of carbonyl (C=O) groups excluding carboxylic acids is 1. The van der Waals surface area contributed by atoms with Gasteiger partial charge in [0.25, 0.3) is 5.91 Å². The Morgan fingerprint density at radius 1 is 1.38 bits per heavy atom. The van der Waals surface area contributed by atoms with Crippen molar-refractivity contribution in [3.63, 3.8) is 0 Å². The minimum Gasteiger partial charge on any atom is -0.370 e. The Balaban J connectivity index is 1.99. The van der Waals surface area contributed by atoms with Gasteiger partial charge in [-0.15, -0.1) is 0 Å². The number of carbonyl (C=O) groups is 1. The molecule has 0 spiro atoms. The van der Waals surface area contributed by atoms with Gasteiger partial charge in [-0.3, -0.25) is 4.79 Å². The normalized spacial score (nSPS) is 14.8. The van der Waals surface area contributed by atoms with Crippen LogP contribution in [0.15, 0.2) is 30.3 Å². The summed E-state index contributed by atoms with van der Waals surface area (Å²) in [5.74, 6) is 0.811. The highest BCUT2D eigenvalue weighted by Gasteiger charge is 2.27. The fourth-order valence-corrected chi connectivity index (χ4v) is 2.73. The average molecular weight is 283 g/mol. The van der Waals surface area contributed by atoms with E-state index in [9.17, 15) is 4.79 Å². The molecule has 0 unspecified atom stereocenters. The van der Waals surface area contributed by atoms with Gasteiger partial charge < -0.3 is 10.2 Å². The van der Waals surface area contributed by atoms with Gasteiger partial charge in [0, 0.05) is 25.0 Å². The van der Waals surface area contributed by atoms with Gasteiger partial charge >= 0.3 is 0 Å². The predicted molar refractivity (Wildman–Crippen MR) is 85.6 cm³/mol. The molecule has 0 radical (unpaired) electrons. The molecule has 1 fully saturated rings. The molecule has 1 N–H and O–H groups in total. The molecule has 110 valence electrons. The van der Waals surface area contributed by atoms with Crippen LogP contribution in [-0.2, 0) is 0 Å². The van der Waals surface area contributed by atoms with Crippen molar-refractivity contribution in [1.29, 1.82) is 0 Å². The van der Waals surface area contributed by atoms with Gasteiger partial charge in [-0.2, -0.15) is 0 Å². The second-order valence-corrected chi connectivity index (χ2v) is 5.61. The average Bonchev–Trinajstić information content (AvgIpc) is 2.44. The molecule has 1 aromatic heterocycles. The van der Waals surface area contributed by atoms with E-state index in [0.717, 1.165) is 36.0 Å². The third kappa shape index (κ3) is 2.58. The predicted octanol–water partition coefficient (Wildman–Crippen LogP) is 3.29. The fourth-order valence-electron chi connectivity index (χ4n) is 2.73. The Bertz CT molecular complexity index is 664. The molecular formula is C17H21N3O. The molecule has 0 aliphatic heterocycles. The first kappa shape index (κ1) is 13.9. The smallest absolute Gasteiger partial charge is 0.272 e. The summed E-state index contributed by atoms with van der Waals surface area (Å²) in [4.78, 5) is 19.0. The maximum Gasteiger partial charge on any atom is 0.272 e. The van der Waals surface area contributed by atoms with Crippen molar-refractivity contribution in [1.82, 2.24) is 9.88 Å². The van der Waals surface area contributed by atoms with E-state index >= 15 is 0 Å². The number of amides is 1. The summed E-state index contributed by atoms with van der Waals surface area (Å²) in [7, 11) is 1.88. The summed E-state index contributed by atoms with van der Waals surface area (Å²) >= 11 is 0. The number of pyridine rings is 1. The van der Waals surface area contributed by atoms with Crippen LogP contribution in [0.1, 0.15) is 36.7 Å². The van der Waals surface area contributed by atoms with Crippen molar-refractivity contribution >= 4 is 22.5 Å². The minimum absolute atomic E-state index is 0.0182. The molecule has 3 rings (SSSR count). The van der Waals surface area contributed by atoms with Crippen LogP contribution in [0.4, 0.5) is 5.82 Å². The number of anilines is 1. The first-order valence-corrected chi connectivity index (χ1v) is 7.61. The van der Waals surface area contributed by atoms with Gasteiger partial charge in [0.1, 0.15) is 11.5 Å². The number of benzene rings is 1. The monoisotopic (exact) mass is 283 g/mol. The number of aromatic nitrogens is 1. The van der Waals surface area contributed by atoms with E-state index in [0.29, 0.717) is 11.7 Å². The third-order valence-electron chi connectivity index (χ3n) is 4.25. The summed E-state index contributed by atoms with van der Waals surface area (Å²) in [6.07, 6.45) is 3.43. The molecular weight excluding hydrogens is 262 g/mol. The molecule has 0 bridgehead atoms. The Hall–Kier alpha value is -2.10. The van der Waals surface area contributed by atoms with Gasteiger partial charge in [-0.05, 0) is 37.6 Å². The molecule has 1 saturated carbocycles. The van der Waals surface area contributed by atoms with Crippen LogP contribution in [0.3, 0.4) is 0 Å². The zero-order chi connectivity index (χ0) is 14.8. The first-order chi connectivity index (χ1) is 10.2. The zero-order valence-electron chi connectivity index (χ0n) is 12.6. The molecule has 1 aromatic carbocycles. The Kier molecular flexibility index (Phi) is 3.78. The quantitative estimate of drug-likeness (QED) is 0.936. The second-order valence-electron chi connectivity index (χ2n) is 5.61. The lowest BCUT2D eigenvalue weighted by Gasteiger charge is -2.34. The Labute approximate surface area is 125 Å². The van der Waals surface area contributed by atoms with Crippen LogP contribution >= 0.6 is 0 Å². The third-order valence-corrected chi connectivity index (χ3v) is 4.25. The number of hydrogen-bond donors (Lipinski definition) is 1. The molecule has 0 saturated heterocycles. The summed E-state index contributed by atoms with van der Waals surface area (Å²) < 4.78 is 0. The molecule has 1 aliphatic carbocycles. The van der Waals surface area contributed by atoms with Crippen molar-refractivity contribution in [2.45, 2.75) is 32.2 Å². The van der Waals surface area contributed by atoms with Crippen LogP contribution in [0, 0.1) is 0 Å². The number of nitrogens with zero attached hydrogens (tertiary/aromatic N) is 2. The molecule has 1 aliphatic rings. The number of rotatable bonds is 4. The largest absolute Gasteiger partial charge is 0.370 e. The SMILES string of the molecule is CCNc1nc(C(=O)N(C)C2CCC2)cc2ccccc12. The Morgan fingerprint density at radius 2 is 2.14 bits per heavy atom. The molecule has 2 aromatic rings. The van der Waals surface area contributed by atoms with Gasteiger partial charge in [0.05, 0.1) is 0 Å². The van der Waals surface area contributed by atoms with Crippen LogP contribution in [0.25, 0.3) is 10.8 Å². The maximum absolute atomic E-state index is 12.6. The second kappa shape index (κ2) is 5.72. The van der Waals surface area contributed by atoms with E-state index in [1.165, 1.54) is 6.42 Å². The van der Waals surface area contributed by atoms with Crippen LogP contribution < -0.4 is 5.32 Å². The topological polar surface area (TPSA) is 45.2 Å². The summed E-state index contributed by atoms with van der Waals surface area (Å²) in [5, 5.41) is 5.37. The van der Waals surface area contributed by atoms with E-state index in [1.807, 2.05) is 49.2 Å². The van der Waals surface area contributed by atoms with Crippen LogP contribution in [0.2, 0.25) is 0 Å². The maximum atomic E-state index is 12.6. The molecule has 21 heavy (non-hydrogen) atoms. The van der Waals surface area contributed by atoms with E-state index in [2.05, 4.69) is 10.3 Å². The fraction of sp³-hybridized carbons (Fsp3) is 0.412. The molecule has 0 atom stereocenters. The zero-order valence-corrected chi connectivity index (χ0v) is 12.6. The number of nitrogens with one attached hydrogen (secondary N) is 1. The summed E-state index contributed by atoms with van der Waals surface area (Å²) in [6, 6.07) is 10.3. The standard InChI is InChI=1S/C17H21N3O/c1-3-18-16-14-10-5-4-7-12(14)11-15(19-16)17(21)20(2)13-8-6-9-13/h4-5,7,10-11,13H,3,6,8-9H2,1-2H3,(H,18,19). The summed E-state index contributed by atoms with van der Waals surface area (Å²) in [5.41, 5.74) is 0.527. The Morgan fingerprint density at radius 3 is 2.81 bits per heavy atom. The lowest BCUT2D eigenvalue weighted by Crippen LogP contribution is -2.41. The molecule has 1 heterocycles. The molecule has 1 amide bonds. The van der Waals surface area contributed by atoms with Crippen molar-refractivity contribution in [2.24, 2.45) is 0 Å². The molecule has 4 nitrogen and oxygen atoms in total. The van der Waals surface area contributed by atoms with Gasteiger partial charge in [-0.1, -0.05) is 24.3 Å². The highest BCUT2D eigenvalue weighted by Crippen LogP contribution is 2.27. The van der Waals surface area contributed by atoms with Crippen molar-refractivity contribution < 1.29 is 4.79 Å². The van der Waals surface area contributed by atoms with Gasteiger partial charge in [0.15, 0.2) is 0 Å². The molecule has 4 heteroatoms. The highest BCUT2D eigenvalue weighted by molar-refractivity contribution is 6.00. The number of fused-ring (bicyclic) bond motifs is 1. The highest BCUT2D eigenvalue weighted by atomic mass is 16.2. The van der Waals surface area contributed by atoms with E-state index in [1.54, 1.807) is 0 Å². The first-order valence-electron chi connectivity index (χ1n) is 7.61. The number of hydrogen-bond acceptors (Lipinski definition) is 3. The van der Waals surface area contributed by atoms with Crippen molar-refractivity contribution in [3.8, 4) is 0 Å². The van der Waals surface area contributed by atoms with E-state index in [4.69, 9.17) is 0 Å². The van der Waals surface area contributed by atoms with Crippen molar-refractivity contribution in [2.75, 3.05) is 18.9 Å². The lowest BCUT2D eigenvalue weighted by atomic mass is 9.91. The van der Waals surface area contributed by atoms with Crippen molar-refractivity contribution in [3.05, 3.63) is 36.0 Å². The van der Waals surface area contributed by atoms with E-state index < -0.39 is 0 Å². The van der Waals surface area contributed by atoms with E-state index in [-0.39, 0.29) is 5.91 Å². The minimum atomic E-state index is 0.0182.